The number of morpholine rings is 1. The van der Waals surface area contributed by atoms with Crippen molar-refractivity contribution < 1.29 is 17.9 Å². The summed E-state index contributed by atoms with van der Waals surface area (Å²) < 4.78 is 32.7. The van der Waals surface area contributed by atoms with E-state index in [0.717, 1.165) is 19.6 Å². The van der Waals surface area contributed by atoms with Crippen molar-refractivity contribution >= 4 is 15.9 Å². The van der Waals surface area contributed by atoms with Gasteiger partial charge in [-0.3, -0.25) is 9.69 Å². The largest absolute Gasteiger partial charge is 0.379 e. The predicted molar refractivity (Wildman–Crippen MR) is 85.8 cm³/mol. The van der Waals surface area contributed by atoms with Crippen LogP contribution in [0.15, 0.2) is 17.2 Å². The summed E-state index contributed by atoms with van der Waals surface area (Å²) in [6.07, 6.45) is 1.42. The first-order chi connectivity index (χ1) is 10.8. The van der Waals surface area contributed by atoms with Crippen LogP contribution in [-0.2, 0) is 21.8 Å². The zero-order valence-corrected chi connectivity index (χ0v) is 14.5. The SMILES string of the molecule is CNS(=O)(=O)c1cc(C(=O)N[C@H](C)CN2CCOCC2)n(C)c1. The molecule has 1 aliphatic heterocycles. The number of hydrogen-bond donors (Lipinski definition) is 2. The van der Waals surface area contributed by atoms with E-state index >= 15 is 0 Å². The molecular weight excluding hydrogens is 320 g/mol. The summed E-state index contributed by atoms with van der Waals surface area (Å²) in [5, 5.41) is 2.91. The highest BCUT2D eigenvalue weighted by Gasteiger charge is 2.21. The van der Waals surface area contributed by atoms with E-state index in [4.69, 9.17) is 4.74 Å². The van der Waals surface area contributed by atoms with E-state index in [1.807, 2.05) is 6.92 Å². The maximum absolute atomic E-state index is 12.4. The van der Waals surface area contributed by atoms with Crippen molar-refractivity contribution in [3.63, 3.8) is 0 Å². The van der Waals surface area contributed by atoms with Crippen LogP contribution in [-0.4, -0.2) is 69.7 Å². The number of ether oxygens (including phenoxy) is 1. The van der Waals surface area contributed by atoms with Crippen LogP contribution in [0.2, 0.25) is 0 Å². The first-order valence-corrected chi connectivity index (χ1v) is 9.02. The third-order valence-electron chi connectivity index (χ3n) is 3.80. The van der Waals surface area contributed by atoms with Crippen LogP contribution in [0.1, 0.15) is 17.4 Å². The molecule has 2 rings (SSSR count). The number of nitrogens with zero attached hydrogens (tertiary/aromatic N) is 2. The number of hydrogen-bond acceptors (Lipinski definition) is 5. The van der Waals surface area contributed by atoms with Crippen molar-refractivity contribution in [2.45, 2.75) is 17.9 Å². The fourth-order valence-corrected chi connectivity index (χ4v) is 3.34. The van der Waals surface area contributed by atoms with Gasteiger partial charge in [0.25, 0.3) is 5.91 Å². The smallest absolute Gasteiger partial charge is 0.268 e. The van der Waals surface area contributed by atoms with Crippen molar-refractivity contribution in [3.05, 3.63) is 18.0 Å². The molecule has 1 aliphatic rings. The molecule has 1 fully saturated rings. The van der Waals surface area contributed by atoms with E-state index < -0.39 is 10.0 Å². The molecule has 2 N–H and O–H groups in total. The summed E-state index contributed by atoms with van der Waals surface area (Å²) in [5.41, 5.74) is 0.313. The normalized spacial score (nSPS) is 17.9. The number of sulfonamides is 1. The molecule has 0 bridgehead atoms. The molecule has 0 aromatic carbocycles. The van der Waals surface area contributed by atoms with Crippen LogP contribution in [0.4, 0.5) is 0 Å². The van der Waals surface area contributed by atoms with Crippen molar-refractivity contribution in [3.8, 4) is 0 Å². The van der Waals surface area contributed by atoms with Gasteiger partial charge >= 0.3 is 0 Å². The van der Waals surface area contributed by atoms with Gasteiger partial charge < -0.3 is 14.6 Å². The van der Waals surface area contributed by atoms with E-state index in [1.54, 1.807) is 7.05 Å². The maximum atomic E-state index is 12.4. The average Bonchev–Trinajstić information content (AvgIpc) is 2.91. The van der Waals surface area contributed by atoms with Gasteiger partial charge in [-0.2, -0.15) is 0 Å². The molecule has 1 atom stereocenters. The Labute approximate surface area is 136 Å². The Morgan fingerprint density at radius 3 is 2.65 bits per heavy atom. The second-order valence-electron chi connectivity index (χ2n) is 5.67. The third-order valence-corrected chi connectivity index (χ3v) is 5.19. The fourth-order valence-electron chi connectivity index (χ4n) is 2.54. The van der Waals surface area contributed by atoms with Crippen LogP contribution in [0.3, 0.4) is 0 Å². The van der Waals surface area contributed by atoms with Gasteiger partial charge in [0.05, 0.1) is 13.2 Å². The molecule has 0 aliphatic carbocycles. The molecule has 9 heteroatoms. The summed E-state index contributed by atoms with van der Waals surface area (Å²) >= 11 is 0. The number of aromatic nitrogens is 1. The van der Waals surface area contributed by atoms with Gasteiger partial charge in [-0.15, -0.1) is 0 Å². The molecule has 0 spiro atoms. The number of amides is 1. The second-order valence-corrected chi connectivity index (χ2v) is 7.55. The standard InChI is InChI=1S/C14H24N4O4S/c1-11(9-18-4-6-22-7-5-18)16-14(19)13-8-12(10-17(13)3)23(20,21)15-2/h8,10-11,15H,4-7,9H2,1-3H3,(H,16,19)/t11-/m1/s1. The number of carbonyl (C=O) groups is 1. The first-order valence-electron chi connectivity index (χ1n) is 7.54. The predicted octanol–water partition coefficient (Wildman–Crippen LogP) is -0.616. The van der Waals surface area contributed by atoms with Gasteiger partial charge in [-0.05, 0) is 20.0 Å². The van der Waals surface area contributed by atoms with Gasteiger partial charge in [0.1, 0.15) is 10.6 Å². The molecule has 0 unspecified atom stereocenters. The van der Waals surface area contributed by atoms with E-state index in [0.29, 0.717) is 18.9 Å². The molecule has 0 radical (unpaired) electrons. The molecule has 1 aromatic heterocycles. The zero-order valence-electron chi connectivity index (χ0n) is 13.7. The molecule has 1 aromatic rings. The summed E-state index contributed by atoms with van der Waals surface area (Å²) in [7, 11) is -0.569. The van der Waals surface area contributed by atoms with Crippen LogP contribution >= 0.6 is 0 Å². The number of aryl methyl sites for hydroxylation is 1. The van der Waals surface area contributed by atoms with Gasteiger partial charge in [-0.25, -0.2) is 13.1 Å². The zero-order chi connectivity index (χ0) is 17.0. The molecule has 2 heterocycles. The molecule has 1 saturated heterocycles. The minimum Gasteiger partial charge on any atom is -0.379 e. The van der Waals surface area contributed by atoms with Crippen molar-refractivity contribution in [2.75, 3.05) is 39.9 Å². The van der Waals surface area contributed by atoms with Crippen LogP contribution in [0.5, 0.6) is 0 Å². The molecule has 8 nitrogen and oxygen atoms in total. The Morgan fingerprint density at radius 2 is 2.04 bits per heavy atom. The van der Waals surface area contributed by atoms with Crippen molar-refractivity contribution in [1.82, 2.24) is 19.5 Å². The van der Waals surface area contributed by atoms with Gasteiger partial charge in [0.2, 0.25) is 10.0 Å². The summed E-state index contributed by atoms with van der Waals surface area (Å²) in [4.78, 5) is 14.7. The summed E-state index contributed by atoms with van der Waals surface area (Å²) in [6, 6.07) is 1.34. The van der Waals surface area contributed by atoms with Crippen molar-refractivity contribution in [1.29, 1.82) is 0 Å². The lowest BCUT2D eigenvalue weighted by Crippen LogP contribution is -2.46. The first kappa shape index (κ1) is 17.9. The van der Waals surface area contributed by atoms with E-state index in [9.17, 15) is 13.2 Å². The van der Waals surface area contributed by atoms with Crippen molar-refractivity contribution in [2.24, 2.45) is 7.05 Å². The highest BCUT2D eigenvalue weighted by molar-refractivity contribution is 7.89. The number of carbonyl (C=O) groups excluding carboxylic acids is 1. The molecule has 130 valence electrons. The molecule has 0 saturated carbocycles. The topological polar surface area (TPSA) is 92.7 Å². The van der Waals surface area contributed by atoms with Gasteiger partial charge in [0.15, 0.2) is 0 Å². The third kappa shape index (κ3) is 4.54. The second kappa shape index (κ2) is 7.43. The Balaban J connectivity index is 2.00. The fraction of sp³-hybridized carbons (Fsp3) is 0.643. The molecular formula is C14H24N4O4S. The Kier molecular flexibility index (Phi) is 5.79. The highest BCUT2D eigenvalue weighted by Crippen LogP contribution is 2.13. The lowest BCUT2D eigenvalue weighted by Gasteiger charge is -2.29. The van der Waals surface area contributed by atoms with E-state index in [-0.39, 0.29) is 16.8 Å². The lowest BCUT2D eigenvalue weighted by atomic mass is 10.2. The average molecular weight is 344 g/mol. The molecule has 1 amide bonds. The monoisotopic (exact) mass is 344 g/mol. The Morgan fingerprint density at radius 1 is 1.39 bits per heavy atom. The van der Waals surface area contributed by atoms with E-state index in [2.05, 4.69) is 14.9 Å². The lowest BCUT2D eigenvalue weighted by molar-refractivity contribution is 0.0342. The Bertz CT molecular complexity index is 650. The quantitative estimate of drug-likeness (QED) is 0.718. The van der Waals surface area contributed by atoms with Crippen LogP contribution in [0.25, 0.3) is 0 Å². The van der Waals surface area contributed by atoms with Crippen LogP contribution < -0.4 is 10.0 Å². The van der Waals surface area contributed by atoms with Gasteiger partial charge in [-0.1, -0.05) is 0 Å². The van der Waals surface area contributed by atoms with Crippen LogP contribution in [0, 0.1) is 0 Å². The minimum absolute atomic E-state index is 0.0418. The number of nitrogens with one attached hydrogen (secondary N) is 2. The minimum atomic E-state index is -3.56. The van der Waals surface area contributed by atoms with E-state index in [1.165, 1.54) is 23.9 Å². The maximum Gasteiger partial charge on any atom is 0.268 e. The summed E-state index contributed by atoms with van der Waals surface area (Å²) in [5.74, 6) is -0.286. The highest BCUT2D eigenvalue weighted by atomic mass is 32.2. The number of rotatable bonds is 6. The Hall–Kier alpha value is -1.42. The molecule has 23 heavy (non-hydrogen) atoms. The summed E-state index contributed by atoms with van der Waals surface area (Å²) in [6.45, 7) is 5.81. The van der Waals surface area contributed by atoms with Gasteiger partial charge in [0, 0.05) is 38.9 Å².